The van der Waals surface area contributed by atoms with Gasteiger partial charge in [0.1, 0.15) is 6.10 Å². The topological polar surface area (TPSA) is 55.9 Å². The number of ketones is 1. The minimum Gasteiger partial charge on any atom is -0.462 e. The number of esters is 1. The molecule has 0 radical (unpaired) electrons. The minimum absolute atomic E-state index is 0.0152. The molecule has 0 aromatic rings. The molecule has 0 aromatic heterocycles. The van der Waals surface area contributed by atoms with E-state index in [1.54, 1.807) is 6.92 Å². The number of carbonyl (C=O) groups is 2. The third-order valence-corrected chi connectivity index (χ3v) is 9.34. The normalized spacial score (nSPS) is 52.6. The van der Waals surface area contributed by atoms with Gasteiger partial charge in [-0.15, -0.1) is 0 Å². The van der Waals surface area contributed by atoms with Crippen molar-refractivity contribution >= 4 is 11.8 Å². The number of allylic oxidation sites excluding steroid dienone is 1. The Balaban J connectivity index is 1.43. The summed E-state index contributed by atoms with van der Waals surface area (Å²) < 4.78 is 11.6. The molecule has 4 fully saturated rings. The standard InChI is InChI=1S/C23H32O4/c1-13(24)23-20(27-23)12-19-17-6-5-15-11-16(26-14(2)25)7-9-21(15,3)18(17)8-10-22(19,23)4/h5,16-20H,6-12H2,1-4H3/t16-,17-,18+,19+,20-,21+,22+,23-/m1/s1. The van der Waals surface area contributed by atoms with Gasteiger partial charge in [-0.25, -0.2) is 0 Å². The highest BCUT2D eigenvalue weighted by Gasteiger charge is 2.79. The third-order valence-electron chi connectivity index (χ3n) is 9.34. The van der Waals surface area contributed by atoms with Gasteiger partial charge in [0.25, 0.3) is 0 Å². The molecule has 8 atom stereocenters. The third kappa shape index (κ3) is 2.14. The van der Waals surface area contributed by atoms with Crippen molar-refractivity contribution in [3.63, 3.8) is 0 Å². The maximum Gasteiger partial charge on any atom is 0.302 e. The van der Waals surface area contributed by atoms with Crippen LogP contribution in [0.3, 0.4) is 0 Å². The van der Waals surface area contributed by atoms with Crippen molar-refractivity contribution in [1.82, 2.24) is 0 Å². The number of epoxide rings is 1. The van der Waals surface area contributed by atoms with E-state index in [9.17, 15) is 9.59 Å². The molecule has 0 aromatic carbocycles. The van der Waals surface area contributed by atoms with E-state index >= 15 is 0 Å². The Morgan fingerprint density at radius 2 is 1.93 bits per heavy atom. The van der Waals surface area contributed by atoms with Crippen molar-refractivity contribution in [2.75, 3.05) is 0 Å². The second-order valence-corrected chi connectivity index (χ2v) is 10.3. The molecule has 0 spiro atoms. The summed E-state index contributed by atoms with van der Waals surface area (Å²) in [6.07, 6.45) is 10.1. The van der Waals surface area contributed by atoms with Crippen molar-refractivity contribution in [3.05, 3.63) is 11.6 Å². The average Bonchev–Trinajstić information content (AvgIpc) is 3.27. The second kappa shape index (κ2) is 5.46. The molecule has 0 bridgehead atoms. The van der Waals surface area contributed by atoms with Crippen molar-refractivity contribution in [2.24, 2.45) is 28.6 Å². The Morgan fingerprint density at radius 3 is 2.63 bits per heavy atom. The molecule has 0 unspecified atom stereocenters. The lowest BCUT2D eigenvalue weighted by molar-refractivity contribution is -0.149. The first kappa shape index (κ1) is 17.9. The van der Waals surface area contributed by atoms with Crippen molar-refractivity contribution in [1.29, 1.82) is 0 Å². The van der Waals surface area contributed by atoms with Crippen LogP contribution in [-0.4, -0.2) is 29.6 Å². The molecule has 1 aliphatic heterocycles. The Morgan fingerprint density at radius 1 is 1.15 bits per heavy atom. The number of hydrogen-bond donors (Lipinski definition) is 0. The van der Waals surface area contributed by atoms with E-state index in [4.69, 9.17) is 9.47 Å². The van der Waals surface area contributed by atoms with Gasteiger partial charge in [-0.3, -0.25) is 9.59 Å². The van der Waals surface area contributed by atoms with E-state index in [0.717, 1.165) is 38.5 Å². The van der Waals surface area contributed by atoms with Gasteiger partial charge < -0.3 is 9.47 Å². The summed E-state index contributed by atoms with van der Waals surface area (Å²) in [5, 5.41) is 0. The molecule has 4 nitrogen and oxygen atoms in total. The molecular formula is C23H32O4. The van der Waals surface area contributed by atoms with Crippen LogP contribution in [0.5, 0.6) is 0 Å². The number of fused-ring (bicyclic) bond motifs is 7. The molecule has 5 rings (SSSR count). The summed E-state index contributed by atoms with van der Waals surface area (Å²) in [6, 6.07) is 0. The maximum atomic E-state index is 12.5. The first-order chi connectivity index (χ1) is 12.7. The Kier molecular flexibility index (Phi) is 3.62. The molecule has 0 N–H and O–H groups in total. The lowest BCUT2D eigenvalue weighted by Gasteiger charge is -2.58. The number of hydrogen-bond acceptors (Lipinski definition) is 4. The van der Waals surface area contributed by atoms with Crippen molar-refractivity contribution in [3.8, 4) is 0 Å². The van der Waals surface area contributed by atoms with Crippen LogP contribution in [0, 0.1) is 28.6 Å². The summed E-state index contributed by atoms with van der Waals surface area (Å²) in [5.41, 5.74) is 1.30. The Bertz CT molecular complexity index is 741. The van der Waals surface area contributed by atoms with Gasteiger partial charge in [0.05, 0.1) is 6.10 Å². The summed E-state index contributed by atoms with van der Waals surface area (Å²) in [6.45, 7) is 8.03. The minimum atomic E-state index is -0.472. The molecule has 1 heterocycles. The highest BCUT2D eigenvalue weighted by molar-refractivity contribution is 5.90. The highest BCUT2D eigenvalue weighted by Crippen LogP contribution is 2.73. The van der Waals surface area contributed by atoms with E-state index in [1.807, 2.05) is 0 Å². The molecule has 1 saturated heterocycles. The first-order valence-electron chi connectivity index (χ1n) is 10.8. The smallest absolute Gasteiger partial charge is 0.302 e. The lowest BCUT2D eigenvalue weighted by Crippen LogP contribution is -2.54. The number of Topliss-reactive ketones (excluding diaryl/α,β-unsaturated/α-hetero) is 1. The summed E-state index contributed by atoms with van der Waals surface area (Å²) >= 11 is 0. The monoisotopic (exact) mass is 372 g/mol. The van der Waals surface area contributed by atoms with Crippen molar-refractivity contribution in [2.45, 2.75) is 90.4 Å². The summed E-state index contributed by atoms with van der Waals surface area (Å²) in [4.78, 5) is 23.8. The number of ether oxygens (including phenoxy) is 2. The molecule has 3 saturated carbocycles. The zero-order valence-corrected chi connectivity index (χ0v) is 17.0. The predicted octanol–water partition coefficient (Wildman–Crippen LogP) is 4.22. The van der Waals surface area contributed by atoms with E-state index < -0.39 is 5.60 Å². The van der Waals surface area contributed by atoms with Crippen LogP contribution in [-0.2, 0) is 19.1 Å². The van der Waals surface area contributed by atoms with Crippen LogP contribution in [0.15, 0.2) is 11.6 Å². The van der Waals surface area contributed by atoms with Crippen LogP contribution in [0.1, 0.15) is 72.6 Å². The molecule has 0 amide bonds. The highest BCUT2D eigenvalue weighted by atomic mass is 16.6. The van der Waals surface area contributed by atoms with Crippen LogP contribution in [0.2, 0.25) is 0 Å². The fraction of sp³-hybridized carbons (Fsp3) is 0.826. The van der Waals surface area contributed by atoms with E-state index in [1.165, 1.54) is 18.9 Å². The lowest BCUT2D eigenvalue weighted by atomic mass is 9.47. The van der Waals surface area contributed by atoms with Gasteiger partial charge in [0.15, 0.2) is 11.4 Å². The van der Waals surface area contributed by atoms with Crippen molar-refractivity contribution < 1.29 is 19.1 Å². The van der Waals surface area contributed by atoms with Gasteiger partial charge in [-0.05, 0) is 68.6 Å². The average molecular weight is 373 g/mol. The predicted molar refractivity (Wildman–Crippen MR) is 101 cm³/mol. The first-order valence-corrected chi connectivity index (χ1v) is 10.8. The molecule has 148 valence electrons. The molecule has 5 aliphatic rings. The largest absolute Gasteiger partial charge is 0.462 e. The van der Waals surface area contributed by atoms with Crippen LogP contribution < -0.4 is 0 Å². The zero-order chi connectivity index (χ0) is 19.2. The second-order valence-electron chi connectivity index (χ2n) is 10.3. The quantitative estimate of drug-likeness (QED) is 0.414. The van der Waals surface area contributed by atoms with Gasteiger partial charge in [-0.2, -0.15) is 0 Å². The number of rotatable bonds is 2. The van der Waals surface area contributed by atoms with E-state index in [-0.39, 0.29) is 34.8 Å². The molecule has 4 aliphatic carbocycles. The number of carbonyl (C=O) groups excluding carboxylic acids is 2. The van der Waals surface area contributed by atoms with Crippen LogP contribution in [0.4, 0.5) is 0 Å². The Hall–Kier alpha value is -1.16. The van der Waals surface area contributed by atoms with E-state index in [2.05, 4.69) is 19.9 Å². The zero-order valence-electron chi connectivity index (χ0n) is 17.0. The summed E-state index contributed by atoms with van der Waals surface area (Å²) in [7, 11) is 0. The van der Waals surface area contributed by atoms with Crippen LogP contribution in [0.25, 0.3) is 0 Å². The Labute approximate surface area is 162 Å². The molecular weight excluding hydrogens is 340 g/mol. The fourth-order valence-electron chi connectivity index (χ4n) is 8.03. The van der Waals surface area contributed by atoms with Gasteiger partial charge >= 0.3 is 5.97 Å². The summed E-state index contributed by atoms with van der Waals surface area (Å²) in [5.74, 6) is 2.03. The van der Waals surface area contributed by atoms with Gasteiger partial charge in [0.2, 0.25) is 0 Å². The van der Waals surface area contributed by atoms with Gasteiger partial charge in [0, 0.05) is 18.8 Å². The maximum absolute atomic E-state index is 12.5. The van der Waals surface area contributed by atoms with Crippen LogP contribution >= 0.6 is 0 Å². The molecule has 4 heteroatoms. The van der Waals surface area contributed by atoms with Gasteiger partial charge in [-0.1, -0.05) is 25.5 Å². The van der Waals surface area contributed by atoms with E-state index in [0.29, 0.717) is 17.8 Å². The molecule has 27 heavy (non-hydrogen) atoms. The fourth-order valence-corrected chi connectivity index (χ4v) is 8.03. The SMILES string of the molecule is CC(=O)O[C@@H]1CC[C@@]2(C)C(=CC[C@@H]3[C@@H]2CC[C@@]2(C)[C@H]3C[C@H]3O[C@]32C(C)=O)C1.